The maximum atomic E-state index is 12.4. The highest BCUT2D eigenvalue weighted by Crippen LogP contribution is 2.39. The van der Waals surface area contributed by atoms with Gasteiger partial charge in [-0.1, -0.05) is 75.7 Å². The first-order chi connectivity index (χ1) is 11.9. The average Bonchev–Trinajstić information content (AvgIpc) is 2.51. The molecule has 0 saturated heterocycles. The van der Waals surface area contributed by atoms with Crippen molar-refractivity contribution in [1.29, 1.82) is 0 Å². The monoisotopic (exact) mass is 416 g/mol. The summed E-state index contributed by atoms with van der Waals surface area (Å²) in [7, 11) is 1.42. The predicted molar refractivity (Wildman–Crippen MR) is 113 cm³/mol. The lowest BCUT2D eigenvalue weighted by Crippen LogP contribution is -2.22. The lowest BCUT2D eigenvalue weighted by Gasteiger charge is -2.31. The second-order valence-electron chi connectivity index (χ2n) is 8.92. The highest BCUT2D eigenvalue weighted by atomic mass is 79.9. The van der Waals surface area contributed by atoms with Gasteiger partial charge in [0.25, 0.3) is 0 Å². The third-order valence-electron chi connectivity index (χ3n) is 4.56. The summed E-state index contributed by atoms with van der Waals surface area (Å²) in [5, 5.41) is 0. The van der Waals surface area contributed by atoms with Gasteiger partial charge in [0.2, 0.25) is 0 Å². The number of rotatable bonds is 2. The van der Waals surface area contributed by atoms with E-state index in [1.807, 2.05) is 19.1 Å². The number of methoxy groups -OCH3 is 1. The van der Waals surface area contributed by atoms with Gasteiger partial charge in [0.05, 0.1) is 12.7 Å². The molecule has 2 nitrogen and oxygen atoms in total. The van der Waals surface area contributed by atoms with Crippen LogP contribution in [0, 0.1) is 6.92 Å². The minimum Gasteiger partial charge on any atom is -0.465 e. The molecule has 0 fully saturated rings. The molecule has 0 aliphatic heterocycles. The number of halogens is 1. The third kappa shape index (κ3) is 4.20. The van der Waals surface area contributed by atoms with Gasteiger partial charge < -0.3 is 4.74 Å². The molecule has 0 heterocycles. The first kappa shape index (κ1) is 20.7. The molecule has 0 N–H and O–H groups in total. The molecule has 0 radical (unpaired) electrons. The van der Waals surface area contributed by atoms with Gasteiger partial charge in [0.1, 0.15) is 0 Å². The summed E-state index contributed by atoms with van der Waals surface area (Å²) < 4.78 is 5.93. The zero-order chi connectivity index (χ0) is 19.9. The number of ether oxygens (including phenoxy) is 1. The largest absolute Gasteiger partial charge is 0.465 e. The van der Waals surface area contributed by atoms with Crippen molar-refractivity contribution in [3.8, 4) is 11.1 Å². The van der Waals surface area contributed by atoms with E-state index in [1.54, 1.807) is 0 Å². The first-order valence-electron chi connectivity index (χ1n) is 8.90. The standard InChI is InChI=1S/C23H29BrO2/c1-14-11-16(21(25)26-8)20(19(24)12-14)15-9-10-17(22(2,3)4)18(13-15)23(5,6)7/h9-13H,1-8H3. The van der Waals surface area contributed by atoms with E-state index >= 15 is 0 Å². The summed E-state index contributed by atoms with van der Waals surface area (Å²) in [5.74, 6) is -0.318. The summed E-state index contributed by atoms with van der Waals surface area (Å²) in [4.78, 5) is 12.4. The third-order valence-corrected chi connectivity index (χ3v) is 5.19. The molecule has 0 atom stereocenters. The Labute approximate surface area is 166 Å². The average molecular weight is 417 g/mol. The molecular weight excluding hydrogens is 388 g/mol. The fourth-order valence-corrected chi connectivity index (χ4v) is 4.08. The Morgan fingerprint density at radius 3 is 2.00 bits per heavy atom. The van der Waals surface area contributed by atoms with Gasteiger partial charge in [-0.3, -0.25) is 0 Å². The van der Waals surface area contributed by atoms with Crippen LogP contribution in [0.3, 0.4) is 0 Å². The van der Waals surface area contributed by atoms with Crippen molar-refractivity contribution in [2.45, 2.75) is 59.3 Å². The van der Waals surface area contributed by atoms with Crippen molar-refractivity contribution in [2.75, 3.05) is 7.11 Å². The molecular formula is C23H29BrO2. The lowest BCUT2D eigenvalue weighted by molar-refractivity contribution is 0.0601. The molecule has 2 rings (SSSR count). The Bertz CT molecular complexity index is 837. The fourth-order valence-electron chi connectivity index (χ4n) is 3.28. The molecule has 2 aromatic carbocycles. The smallest absolute Gasteiger partial charge is 0.338 e. The molecule has 0 spiro atoms. The van der Waals surface area contributed by atoms with Crippen molar-refractivity contribution < 1.29 is 9.53 Å². The number of esters is 1. The van der Waals surface area contributed by atoms with Gasteiger partial charge >= 0.3 is 5.97 Å². The number of benzene rings is 2. The number of carbonyl (C=O) groups is 1. The number of hydrogen-bond acceptors (Lipinski definition) is 2. The molecule has 0 bridgehead atoms. The number of aryl methyl sites for hydroxylation is 1. The summed E-state index contributed by atoms with van der Waals surface area (Å²) in [6, 6.07) is 10.5. The van der Waals surface area contributed by atoms with Crippen LogP contribution in [0.25, 0.3) is 11.1 Å². The van der Waals surface area contributed by atoms with E-state index in [0.717, 1.165) is 21.2 Å². The van der Waals surface area contributed by atoms with Crippen LogP contribution in [0.4, 0.5) is 0 Å². The van der Waals surface area contributed by atoms with Crippen molar-refractivity contribution >= 4 is 21.9 Å². The van der Waals surface area contributed by atoms with Crippen LogP contribution in [0.5, 0.6) is 0 Å². The van der Waals surface area contributed by atoms with E-state index < -0.39 is 0 Å². The van der Waals surface area contributed by atoms with Crippen molar-refractivity contribution in [3.63, 3.8) is 0 Å². The molecule has 0 amide bonds. The van der Waals surface area contributed by atoms with Gasteiger partial charge in [-0.2, -0.15) is 0 Å². The molecule has 0 aliphatic carbocycles. The molecule has 0 aliphatic rings. The SMILES string of the molecule is COC(=O)c1cc(C)cc(Br)c1-c1ccc(C(C)(C)C)c(C(C)(C)C)c1. The maximum absolute atomic E-state index is 12.4. The lowest BCUT2D eigenvalue weighted by atomic mass is 9.74. The van der Waals surface area contributed by atoms with E-state index in [2.05, 4.69) is 75.7 Å². The van der Waals surface area contributed by atoms with Gasteiger partial charge in [-0.15, -0.1) is 0 Å². The topological polar surface area (TPSA) is 26.3 Å². The molecule has 2 aromatic rings. The number of carbonyl (C=O) groups excluding carboxylic acids is 1. The maximum Gasteiger partial charge on any atom is 0.338 e. The quantitative estimate of drug-likeness (QED) is 0.502. The first-order valence-corrected chi connectivity index (χ1v) is 9.69. The fraction of sp³-hybridized carbons (Fsp3) is 0.435. The molecule has 26 heavy (non-hydrogen) atoms. The number of hydrogen-bond donors (Lipinski definition) is 0. The predicted octanol–water partition coefficient (Wildman–Crippen LogP) is 6.81. The van der Waals surface area contributed by atoms with Crippen molar-refractivity contribution in [2.24, 2.45) is 0 Å². The Balaban J connectivity index is 2.81. The normalized spacial score (nSPS) is 12.2. The summed E-state index contributed by atoms with van der Waals surface area (Å²) >= 11 is 3.66. The molecule has 0 unspecified atom stereocenters. The van der Waals surface area contributed by atoms with Crippen molar-refractivity contribution in [3.05, 3.63) is 57.1 Å². The van der Waals surface area contributed by atoms with Gasteiger partial charge in [0.15, 0.2) is 0 Å². The molecule has 0 aromatic heterocycles. The van der Waals surface area contributed by atoms with Crippen molar-refractivity contribution in [1.82, 2.24) is 0 Å². The second kappa shape index (κ2) is 7.19. The van der Waals surface area contributed by atoms with Crippen LogP contribution in [0.2, 0.25) is 0 Å². The van der Waals surface area contributed by atoms with E-state index in [0.29, 0.717) is 5.56 Å². The van der Waals surface area contributed by atoms with E-state index in [1.165, 1.54) is 18.2 Å². The summed E-state index contributed by atoms with van der Waals surface area (Å²) in [5.41, 5.74) is 6.19. The highest BCUT2D eigenvalue weighted by molar-refractivity contribution is 9.10. The molecule has 0 saturated carbocycles. The second-order valence-corrected chi connectivity index (χ2v) is 9.78. The van der Waals surface area contributed by atoms with Crippen LogP contribution < -0.4 is 0 Å². The van der Waals surface area contributed by atoms with E-state index in [9.17, 15) is 4.79 Å². The minimum absolute atomic E-state index is 0.00122. The Kier molecular flexibility index (Phi) is 5.72. The van der Waals surface area contributed by atoms with Crippen LogP contribution in [-0.2, 0) is 15.6 Å². The van der Waals surface area contributed by atoms with Crippen LogP contribution in [-0.4, -0.2) is 13.1 Å². The zero-order valence-corrected chi connectivity index (χ0v) is 18.7. The minimum atomic E-state index is -0.318. The van der Waals surface area contributed by atoms with E-state index in [4.69, 9.17) is 4.74 Å². The van der Waals surface area contributed by atoms with Crippen LogP contribution in [0.1, 0.15) is 68.6 Å². The Morgan fingerprint density at radius 2 is 1.50 bits per heavy atom. The molecule has 3 heteroatoms. The molecule has 140 valence electrons. The van der Waals surface area contributed by atoms with Crippen LogP contribution >= 0.6 is 15.9 Å². The zero-order valence-electron chi connectivity index (χ0n) is 17.1. The van der Waals surface area contributed by atoms with Gasteiger partial charge in [-0.05, 0) is 52.1 Å². The van der Waals surface area contributed by atoms with Crippen LogP contribution in [0.15, 0.2) is 34.8 Å². The van der Waals surface area contributed by atoms with E-state index in [-0.39, 0.29) is 16.8 Å². The highest BCUT2D eigenvalue weighted by Gasteiger charge is 2.26. The Hall–Kier alpha value is -1.61. The Morgan fingerprint density at radius 1 is 0.923 bits per heavy atom. The van der Waals surface area contributed by atoms with Gasteiger partial charge in [-0.25, -0.2) is 4.79 Å². The summed E-state index contributed by atoms with van der Waals surface area (Å²) in [6.07, 6.45) is 0. The van der Waals surface area contributed by atoms with Gasteiger partial charge in [0, 0.05) is 10.0 Å². The summed E-state index contributed by atoms with van der Waals surface area (Å²) in [6.45, 7) is 15.4.